The lowest BCUT2D eigenvalue weighted by molar-refractivity contribution is -0.275. The Balaban J connectivity index is 1.89. The first-order valence-electron chi connectivity index (χ1n) is 11.2. The van der Waals surface area contributed by atoms with Crippen molar-refractivity contribution >= 4 is 5.97 Å². The van der Waals surface area contributed by atoms with Crippen molar-refractivity contribution in [1.29, 1.82) is 5.26 Å². The van der Waals surface area contributed by atoms with Crippen LogP contribution in [-0.2, 0) is 0 Å². The summed E-state index contributed by atoms with van der Waals surface area (Å²) in [5.41, 5.74) is 0.106. The summed E-state index contributed by atoms with van der Waals surface area (Å²) in [6.45, 7) is 7.64. The molecule has 0 saturated carbocycles. The highest BCUT2D eigenvalue weighted by molar-refractivity contribution is 5.88. The highest BCUT2D eigenvalue weighted by Gasteiger charge is 2.46. The summed E-state index contributed by atoms with van der Waals surface area (Å²) in [4.78, 5) is 24.2. The minimum absolute atomic E-state index is 0.105. The molecule has 1 N–H and O–H groups in total. The first-order valence-corrected chi connectivity index (χ1v) is 11.2. The Labute approximate surface area is 204 Å². The maximum atomic E-state index is 13.3. The number of rotatable bonds is 7. The topological polar surface area (TPSA) is 105 Å². The van der Waals surface area contributed by atoms with E-state index in [0.717, 1.165) is 6.07 Å². The maximum absolute atomic E-state index is 13.3. The number of halogens is 3. The molecule has 1 saturated heterocycles. The third-order valence-corrected chi connectivity index (χ3v) is 6.44. The van der Waals surface area contributed by atoms with Gasteiger partial charge in [-0.05, 0) is 56.4 Å². The highest BCUT2D eigenvalue weighted by atomic mass is 19.4. The largest absolute Gasteiger partial charge is 0.573 e. The third kappa shape index (κ3) is 4.63. The molecule has 0 radical (unpaired) electrons. The maximum Gasteiger partial charge on any atom is 0.573 e. The Hall–Kier alpha value is -3.94. The van der Waals surface area contributed by atoms with E-state index in [9.17, 15) is 27.9 Å². The summed E-state index contributed by atoms with van der Waals surface area (Å²) in [6.07, 6.45) is -1.89. The van der Waals surface area contributed by atoms with Crippen molar-refractivity contribution in [3.63, 3.8) is 0 Å². The molecule has 0 amide bonds. The summed E-state index contributed by atoms with van der Waals surface area (Å²) in [5.74, 6) is -2.13. The van der Waals surface area contributed by atoms with Crippen LogP contribution in [0.2, 0.25) is 0 Å². The molecule has 0 bridgehead atoms. The molecule has 2 aliphatic rings. The number of carbonyl (C=O) groups is 1. The van der Waals surface area contributed by atoms with Crippen LogP contribution in [0.5, 0.6) is 11.5 Å². The van der Waals surface area contributed by atoms with Crippen molar-refractivity contribution in [2.24, 2.45) is 0 Å². The number of hydrogen-bond donors (Lipinski definition) is 1. The minimum Gasteiger partial charge on any atom is -0.485 e. The number of hydrogen-bond acceptors (Lipinski definition) is 6. The molecule has 0 spiro atoms. The zero-order valence-electron chi connectivity index (χ0n) is 19.7. The van der Waals surface area contributed by atoms with Gasteiger partial charge in [0.2, 0.25) is 0 Å². The Morgan fingerprint density at radius 3 is 2.67 bits per heavy atom. The number of ether oxygens (including phenoxy) is 2. The lowest BCUT2D eigenvalue weighted by Gasteiger charge is -2.44. The number of aromatic nitrogens is 1. The predicted octanol–water partition coefficient (Wildman–Crippen LogP) is 4.92. The van der Waals surface area contributed by atoms with Gasteiger partial charge in [0.25, 0.3) is 0 Å². The molecule has 0 aliphatic carbocycles. The quantitative estimate of drug-likeness (QED) is 0.535. The second kappa shape index (κ2) is 8.93. The number of nitrogens with zero attached hydrogens (tertiary/aromatic N) is 3. The molecule has 3 heterocycles. The van der Waals surface area contributed by atoms with E-state index >= 15 is 0 Å². The summed E-state index contributed by atoms with van der Waals surface area (Å²) >= 11 is 0. The molecule has 0 unspecified atom stereocenters. The van der Waals surface area contributed by atoms with Gasteiger partial charge in [-0.3, -0.25) is 14.5 Å². The molecule has 36 heavy (non-hydrogen) atoms. The zero-order chi connectivity index (χ0) is 26.4. The molecular weight excluding hydrogens is 479 g/mol. The van der Waals surface area contributed by atoms with Gasteiger partial charge in [0.05, 0.1) is 23.3 Å². The number of aromatic carboxylic acids is 1. The fourth-order valence-corrected chi connectivity index (χ4v) is 4.82. The van der Waals surface area contributed by atoms with Crippen LogP contribution in [-0.4, -0.2) is 34.3 Å². The Kier molecular flexibility index (Phi) is 6.24. The van der Waals surface area contributed by atoms with Crippen LogP contribution in [0.3, 0.4) is 0 Å². The lowest BCUT2D eigenvalue weighted by atomic mass is 9.93. The fourth-order valence-electron chi connectivity index (χ4n) is 4.82. The summed E-state index contributed by atoms with van der Waals surface area (Å²) < 4.78 is 51.3. The van der Waals surface area contributed by atoms with Gasteiger partial charge in [-0.1, -0.05) is 6.58 Å². The van der Waals surface area contributed by atoms with Gasteiger partial charge in [0.1, 0.15) is 12.2 Å². The van der Waals surface area contributed by atoms with Crippen molar-refractivity contribution in [2.45, 2.75) is 57.5 Å². The molecule has 4 rings (SSSR count). The van der Waals surface area contributed by atoms with E-state index in [4.69, 9.17) is 10.00 Å². The second-order valence-electron chi connectivity index (χ2n) is 9.43. The van der Waals surface area contributed by atoms with Crippen molar-refractivity contribution in [3.05, 3.63) is 57.9 Å². The normalized spacial score (nSPS) is 17.4. The van der Waals surface area contributed by atoms with E-state index in [1.807, 2.05) is 24.9 Å². The average molecular weight is 503 g/mol. The highest BCUT2D eigenvalue weighted by Crippen LogP contribution is 2.51. The predicted molar refractivity (Wildman–Crippen MR) is 124 cm³/mol. The Morgan fingerprint density at radius 1 is 1.31 bits per heavy atom. The zero-order valence-corrected chi connectivity index (χ0v) is 19.7. The number of benzene rings is 1. The second-order valence-corrected chi connectivity index (χ2v) is 9.43. The van der Waals surface area contributed by atoms with Crippen LogP contribution >= 0.6 is 0 Å². The molecule has 1 aromatic carbocycles. The number of fused-ring (bicyclic) bond motifs is 6. The van der Waals surface area contributed by atoms with Gasteiger partial charge in [-0.2, -0.15) is 5.26 Å². The Morgan fingerprint density at radius 2 is 2.03 bits per heavy atom. The molecule has 1 atom stereocenters. The molecule has 190 valence electrons. The third-order valence-electron chi connectivity index (χ3n) is 6.44. The van der Waals surface area contributed by atoms with Gasteiger partial charge in [-0.25, -0.2) is 4.79 Å². The number of nitriles is 1. The lowest BCUT2D eigenvalue weighted by Crippen LogP contribution is -2.50. The van der Waals surface area contributed by atoms with E-state index in [2.05, 4.69) is 11.3 Å². The first kappa shape index (κ1) is 25.2. The van der Waals surface area contributed by atoms with E-state index < -0.39 is 34.6 Å². The first-order chi connectivity index (χ1) is 16.8. The van der Waals surface area contributed by atoms with Crippen molar-refractivity contribution in [1.82, 2.24) is 4.68 Å². The molecule has 1 fully saturated rings. The van der Waals surface area contributed by atoms with Crippen molar-refractivity contribution in [2.75, 3.05) is 11.6 Å². The standard InChI is InChI=1S/C25H24F3N3O5/c1-14(5-4-8-29)13-35-21-9-15-16(10-22(21)36-25(26,27)28)19-11-20(32)17(23(33)34)12-30(19)31-18(15)6-7-24(31,2)3/h9-12,18H,1,4-7,13H2,2-3H3,(H,33,34)/t18-/m1/s1. The molecule has 8 nitrogen and oxygen atoms in total. The van der Waals surface area contributed by atoms with Crippen molar-refractivity contribution < 1.29 is 32.5 Å². The number of carboxylic acids is 1. The summed E-state index contributed by atoms with van der Waals surface area (Å²) in [7, 11) is 0. The van der Waals surface area contributed by atoms with E-state index in [0.29, 0.717) is 36.0 Å². The molecule has 11 heteroatoms. The minimum atomic E-state index is -5.01. The van der Waals surface area contributed by atoms with Gasteiger partial charge in [0.15, 0.2) is 16.9 Å². The van der Waals surface area contributed by atoms with Crippen molar-refractivity contribution in [3.8, 4) is 28.8 Å². The van der Waals surface area contributed by atoms with E-state index in [1.54, 1.807) is 4.68 Å². The summed E-state index contributed by atoms with van der Waals surface area (Å²) in [5, 5.41) is 20.2. The number of pyridine rings is 1. The van der Waals surface area contributed by atoms with Crippen LogP contribution in [0, 0.1) is 11.3 Å². The fraction of sp³-hybridized carbons (Fsp3) is 0.400. The van der Waals surface area contributed by atoms with Crippen LogP contribution in [0.15, 0.2) is 41.3 Å². The van der Waals surface area contributed by atoms with Gasteiger partial charge in [0, 0.05) is 24.2 Å². The molecule has 2 aliphatic heterocycles. The summed E-state index contributed by atoms with van der Waals surface area (Å²) in [6, 6.07) is 5.44. The molecule has 2 aromatic rings. The smallest absolute Gasteiger partial charge is 0.485 e. The SMILES string of the molecule is C=C(CCC#N)COc1cc2c(cc1OC(F)(F)F)-c1cc(=O)c(C(=O)O)cn1N1[C@@H]2CCC1(C)C. The number of carboxylic acid groups (broad SMARTS) is 1. The molecular formula is C25H24F3N3O5. The van der Waals surface area contributed by atoms with E-state index in [-0.39, 0.29) is 30.5 Å². The van der Waals surface area contributed by atoms with Gasteiger partial charge >= 0.3 is 12.3 Å². The van der Waals surface area contributed by atoms with Crippen LogP contribution < -0.4 is 19.9 Å². The van der Waals surface area contributed by atoms with Gasteiger partial charge < -0.3 is 14.6 Å². The monoisotopic (exact) mass is 503 g/mol. The van der Waals surface area contributed by atoms with Gasteiger partial charge in [-0.15, -0.1) is 13.2 Å². The van der Waals surface area contributed by atoms with Crippen LogP contribution in [0.1, 0.15) is 61.5 Å². The average Bonchev–Trinajstić information content (AvgIpc) is 3.10. The number of alkyl halides is 3. The van der Waals surface area contributed by atoms with Crippen LogP contribution in [0.4, 0.5) is 13.2 Å². The Bertz CT molecular complexity index is 1340. The van der Waals surface area contributed by atoms with Crippen LogP contribution in [0.25, 0.3) is 11.3 Å². The molecule has 1 aromatic heterocycles. The van der Waals surface area contributed by atoms with E-state index in [1.165, 1.54) is 18.3 Å².